The van der Waals surface area contributed by atoms with E-state index in [1.54, 1.807) is 18.3 Å². The molecular formula is C20H28N4O2. The Morgan fingerprint density at radius 2 is 2.00 bits per heavy atom. The van der Waals surface area contributed by atoms with E-state index in [0.29, 0.717) is 24.1 Å². The Bertz CT molecular complexity index is 644. The molecule has 2 amide bonds. The third kappa shape index (κ3) is 3.60. The van der Waals surface area contributed by atoms with Crippen molar-refractivity contribution in [3.63, 3.8) is 0 Å². The van der Waals surface area contributed by atoms with Gasteiger partial charge in [0, 0.05) is 24.7 Å². The molecule has 0 spiro atoms. The molecule has 0 radical (unpaired) electrons. The van der Waals surface area contributed by atoms with Crippen LogP contribution in [0.2, 0.25) is 0 Å². The number of hydrogen-bond acceptors (Lipinski definition) is 4. The molecule has 4 unspecified atom stereocenters. The molecule has 6 heteroatoms. The first-order valence-electron chi connectivity index (χ1n) is 10.1. The third-order valence-corrected chi connectivity index (χ3v) is 6.71. The van der Waals surface area contributed by atoms with Crippen LogP contribution in [0.5, 0.6) is 0 Å². The molecule has 1 aromatic heterocycles. The Morgan fingerprint density at radius 3 is 2.73 bits per heavy atom. The lowest BCUT2D eigenvalue weighted by Crippen LogP contribution is -2.52. The largest absolute Gasteiger partial charge is 0.351 e. The molecule has 4 atom stereocenters. The van der Waals surface area contributed by atoms with Crippen LogP contribution >= 0.6 is 0 Å². The van der Waals surface area contributed by atoms with Crippen LogP contribution < -0.4 is 10.6 Å². The molecule has 1 aromatic rings. The summed E-state index contributed by atoms with van der Waals surface area (Å²) in [6, 6.07) is 3.37. The number of rotatable bonds is 6. The fourth-order valence-corrected chi connectivity index (χ4v) is 5.20. The van der Waals surface area contributed by atoms with E-state index >= 15 is 0 Å². The summed E-state index contributed by atoms with van der Waals surface area (Å²) >= 11 is 0. The summed E-state index contributed by atoms with van der Waals surface area (Å²) in [6.07, 6.45) is 11.1. The summed E-state index contributed by atoms with van der Waals surface area (Å²) in [5.74, 6) is 2.02. The van der Waals surface area contributed by atoms with Gasteiger partial charge >= 0.3 is 0 Å². The maximum Gasteiger partial charge on any atom is 0.271 e. The molecule has 26 heavy (non-hydrogen) atoms. The summed E-state index contributed by atoms with van der Waals surface area (Å²) in [5.41, 5.74) is 0.316. The van der Waals surface area contributed by atoms with Crippen LogP contribution in [0.1, 0.15) is 61.9 Å². The van der Waals surface area contributed by atoms with Crippen molar-refractivity contribution in [1.82, 2.24) is 20.8 Å². The number of aromatic nitrogens is 2. The van der Waals surface area contributed by atoms with E-state index in [-0.39, 0.29) is 23.8 Å². The summed E-state index contributed by atoms with van der Waals surface area (Å²) < 4.78 is 0. The van der Waals surface area contributed by atoms with Gasteiger partial charge in [-0.25, -0.2) is 0 Å². The van der Waals surface area contributed by atoms with E-state index in [0.717, 1.165) is 25.2 Å². The number of amides is 2. The fraction of sp³-hybridized carbons (Fsp3) is 0.700. The summed E-state index contributed by atoms with van der Waals surface area (Å²) in [5, 5.41) is 13.8. The maximum atomic E-state index is 12.8. The molecule has 2 N–H and O–H groups in total. The Labute approximate surface area is 154 Å². The van der Waals surface area contributed by atoms with Crippen LogP contribution in [-0.4, -0.2) is 34.6 Å². The lowest BCUT2D eigenvalue weighted by atomic mass is 9.66. The van der Waals surface area contributed by atoms with Gasteiger partial charge in [0.25, 0.3) is 5.91 Å². The molecule has 0 aliphatic heterocycles. The van der Waals surface area contributed by atoms with Crippen LogP contribution in [0.4, 0.5) is 0 Å². The van der Waals surface area contributed by atoms with Gasteiger partial charge in [-0.15, -0.1) is 5.10 Å². The topological polar surface area (TPSA) is 84.0 Å². The van der Waals surface area contributed by atoms with Crippen molar-refractivity contribution in [3.05, 3.63) is 24.0 Å². The average Bonchev–Trinajstić information content (AvgIpc) is 3.29. The van der Waals surface area contributed by atoms with E-state index < -0.39 is 0 Å². The second kappa shape index (κ2) is 7.72. The van der Waals surface area contributed by atoms with E-state index in [1.807, 2.05) is 0 Å². The highest BCUT2D eigenvalue weighted by atomic mass is 16.2. The summed E-state index contributed by atoms with van der Waals surface area (Å²) in [4.78, 5) is 25.1. The quantitative estimate of drug-likeness (QED) is 0.819. The molecule has 0 bridgehead atoms. The number of fused-ring (bicyclic) bond motifs is 1. The third-order valence-electron chi connectivity index (χ3n) is 6.71. The van der Waals surface area contributed by atoms with E-state index in [9.17, 15) is 9.59 Å². The van der Waals surface area contributed by atoms with Crippen molar-refractivity contribution in [2.24, 2.45) is 23.7 Å². The lowest BCUT2D eigenvalue weighted by Gasteiger charge is -2.40. The number of nitrogens with zero attached hydrogens (tertiary/aromatic N) is 2. The number of carbonyl (C=O) groups excluding carboxylic acids is 2. The SMILES string of the molecule is O=C(NCC(NC(=O)C1CC2CCCC21)C1CCCC1)c1cccnn1. The van der Waals surface area contributed by atoms with Crippen LogP contribution in [0.3, 0.4) is 0 Å². The van der Waals surface area contributed by atoms with Gasteiger partial charge in [0.1, 0.15) is 0 Å². The highest BCUT2D eigenvalue weighted by molar-refractivity contribution is 5.92. The molecule has 3 aliphatic rings. The molecule has 0 saturated heterocycles. The van der Waals surface area contributed by atoms with Gasteiger partial charge in [0.05, 0.1) is 0 Å². The van der Waals surface area contributed by atoms with E-state index in [4.69, 9.17) is 0 Å². The summed E-state index contributed by atoms with van der Waals surface area (Å²) in [6.45, 7) is 0.465. The monoisotopic (exact) mass is 356 g/mol. The van der Waals surface area contributed by atoms with Crippen LogP contribution in [0, 0.1) is 23.7 Å². The summed E-state index contributed by atoms with van der Waals surface area (Å²) in [7, 11) is 0. The molecule has 3 fully saturated rings. The minimum absolute atomic E-state index is 0.0195. The second-order valence-electron chi connectivity index (χ2n) is 8.18. The molecule has 3 saturated carbocycles. The standard InChI is InChI=1S/C20H28N4O2/c25-19(16-11-14-7-3-8-15(14)16)23-18(13-5-1-2-6-13)12-21-20(26)17-9-4-10-22-24-17/h4,9-10,13-16,18H,1-3,5-8,11-12H2,(H,21,26)(H,23,25). The zero-order valence-corrected chi connectivity index (χ0v) is 15.2. The Hall–Kier alpha value is -1.98. The molecule has 6 nitrogen and oxygen atoms in total. The van der Waals surface area contributed by atoms with Crippen LogP contribution in [0.15, 0.2) is 18.3 Å². The van der Waals surface area contributed by atoms with Crippen molar-refractivity contribution >= 4 is 11.8 Å². The van der Waals surface area contributed by atoms with Gasteiger partial charge in [0.15, 0.2) is 5.69 Å². The minimum Gasteiger partial charge on any atom is -0.351 e. The average molecular weight is 356 g/mol. The maximum absolute atomic E-state index is 12.8. The first-order valence-corrected chi connectivity index (χ1v) is 10.1. The van der Waals surface area contributed by atoms with Crippen molar-refractivity contribution in [2.45, 2.75) is 57.4 Å². The second-order valence-corrected chi connectivity index (χ2v) is 8.18. The minimum atomic E-state index is -0.227. The van der Waals surface area contributed by atoms with Gasteiger partial charge in [0.2, 0.25) is 5.91 Å². The predicted octanol–water partition coefficient (Wildman–Crippen LogP) is 2.32. The smallest absolute Gasteiger partial charge is 0.271 e. The Morgan fingerprint density at radius 1 is 1.15 bits per heavy atom. The fourth-order valence-electron chi connectivity index (χ4n) is 5.20. The highest BCUT2D eigenvalue weighted by Gasteiger charge is 2.47. The Balaban J connectivity index is 1.35. The number of carbonyl (C=O) groups is 2. The number of hydrogen-bond donors (Lipinski definition) is 2. The predicted molar refractivity (Wildman–Crippen MR) is 97.2 cm³/mol. The highest BCUT2D eigenvalue weighted by Crippen LogP contribution is 2.51. The van der Waals surface area contributed by atoms with Crippen LogP contribution in [0.25, 0.3) is 0 Å². The lowest BCUT2D eigenvalue weighted by molar-refractivity contribution is -0.133. The molecule has 1 heterocycles. The van der Waals surface area contributed by atoms with Gasteiger partial charge in [-0.3, -0.25) is 9.59 Å². The van der Waals surface area contributed by atoms with Gasteiger partial charge in [-0.05, 0) is 55.6 Å². The van der Waals surface area contributed by atoms with Crippen molar-refractivity contribution in [3.8, 4) is 0 Å². The normalized spacial score (nSPS) is 28.8. The van der Waals surface area contributed by atoms with Crippen molar-refractivity contribution in [2.75, 3.05) is 6.54 Å². The number of nitrogens with one attached hydrogen (secondary N) is 2. The van der Waals surface area contributed by atoms with Crippen molar-refractivity contribution < 1.29 is 9.59 Å². The molecule has 0 aromatic carbocycles. The molecular weight excluding hydrogens is 328 g/mol. The zero-order chi connectivity index (χ0) is 17.9. The van der Waals surface area contributed by atoms with E-state index in [2.05, 4.69) is 20.8 Å². The Kier molecular flexibility index (Phi) is 5.18. The van der Waals surface area contributed by atoms with E-state index in [1.165, 1.54) is 32.1 Å². The molecule has 140 valence electrons. The molecule has 4 rings (SSSR count). The van der Waals surface area contributed by atoms with Gasteiger partial charge in [-0.2, -0.15) is 5.10 Å². The van der Waals surface area contributed by atoms with Crippen LogP contribution in [-0.2, 0) is 4.79 Å². The first kappa shape index (κ1) is 17.4. The van der Waals surface area contributed by atoms with Gasteiger partial charge < -0.3 is 10.6 Å². The van der Waals surface area contributed by atoms with Crippen molar-refractivity contribution in [1.29, 1.82) is 0 Å². The first-order chi connectivity index (χ1) is 12.7. The van der Waals surface area contributed by atoms with Gasteiger partial charge in [-0.1, -0.05) is 25.7 Å². The zero-order valence-electron chi connectivity index (χ0n) is 15.2. The molecule has 3 aliphatic carbocycles.